The van der Waals surface area contributed by atoms with Crippen molar-refractivity contribution in [1.82, 2.24) is 4.98 Å². The number of carbonyl (C=O) groups excluding carboxylic acids is 1. The lowest BCUT2D eigenvalue weighted by Crippen LogP contribution is -2.13. The predicted octanol–water partition coefficient (Wildman–Crippen LogP) is 4.68. The zero-order chi connectivity index (χ0) is 17.8. The minimum absolute atomic E-state index is 0.292. The number of halogens is 1. The molecule has 3 aromatic rings. The van der Waals surface area contributed by atoms with Crippen molar-refractivity contribution in [3.05, 3.63) is 57.0 Å². The van der Waals surface area contributed by atoms with Crippen molar-refractivity contribution < 1.29 is 14.3 Å². The number of aromatic nitrogens is 1. The smallest absolute Gasteiger partial charge is 0.261 e. The van der Waals surface area contributed by atoms with E-state index in [1.54, 1.807) is 18.2 Å². The van der Waals surface area contributed by atoms with Crippen molar-refractivity contribution >= 4 is 45.0 Å². The third kappa shape index (κ3) is 3.93. The molecule has 128 valence electrons. The van der Waals surface area contributed by atoms with Gasteiger partial charge >= 0.3 is 0 Å². The highest BCUT2D eigenvalue weighted by molar-refractivity contribution is 14.1. The number of benzene rings is 2. The SMILES string of the molecule is COc1cccc(C(=O)Nc2nc(-c3ccc(I)cc3)cs2)c1OC. The number of hydrogen-bond donors (Lipinski definition) is 1. The van der Waals surface area contributed by atoms with Gasteiger partial charge in [-0.3, -0.25) is 10.1 Å². The predicted molar refractivity (Wildman–Crippen MR) is 108 cm³/mol. The van der Waals surface area contributed by atoms with Gasteiger partial charge in [-0.2, -0.15) is 0 Å². The van der Waals surface area contributed by atoms with E-state index in [1.165, 1.54) is 25.6 Å². The van der Waals surface area contributed by atoms with Gasteiger partial charge in [0.1, 0.15) is 0 Å². The summed E-state index contributed by atoms with van der Waals surface area (Å²) < 4.78 is 11.7. The number of nitrogens with zero attached hydrogens (tertiary/aromatic N) is 1. The fourth-order valence-corrected chi connectivity index (χ4v) is 3.39. The Bertz CT molecular complexity index is 894. The lowest BCUT2D eigenvalue weighted by atomic mass is 10.1. The molecule has 0 aliphatic carbocycles. The molecular weight excluding hydrogens is 451 g/mol. The number of hydrogen-bond acceptors (Lipinski definition) is 5. The Labute approximate surface area is 163 Å². The Morgan fingerprint density at radius 1 is 1.12 bits per heavy atom. The number of amides is 1. The molecule has 3 rings (SSSR count). The van der Waals surface area contributed by atoms with Crippen molar-refractivity contribution in [2.75, 3.05) is 19.5 Å². The van der Waals surface area contributed by atoms with E-state index >= 15 is 0 Å². The lowest BCUT2D eigenvalue weighted by molar-refractivity contribution is 0.102. The summed E-state index contributed by atoms with van der Waals surface area (Å²) in [6, 6.07) is 13.2. The third-order valence-electron chi connectivity index (χ3n) is 3.51. The highest BCUT2D eigenvalue weighted by Gasteiger charge is 2.17. The summed E-state index contributed by atoms with van der Waals surface area (Å²) in [7, 11) is 3.04. The Morgan fingerprint density at radius 2 is 1.88 bits per heavy atom. The first-order chi connectivity index (χ1) is 12.1. The number of anilines is 1. The Balaban J connectivity index is 1.82. The minimum atomic E-state index is -0.292. The minimum Gasteiger partial charge on any atom is -0.493 e. The van der Waals surface area contributed by atoms with E-state index in [2.05, 4.69) is 32.9 Å². The molecule has 0 spiro atoms. The molecule has 0 unspecified atom stereocenters. The second kappa shape index (κ2) is 7.83. The van der Waals surface area contributed by atoms with E-state index in [0.717, 1.165) is 14.8 Å². The van der Waals surface area contributed by atoms with Crippen LogP contribution in [-0.2, 0) is 0 Å². The molecule has 0 aliphatic rings. The van der Waals surface area contributed by atoms with Gasteiger partial charge in [0.05, 0.1) is 25.5 Å². The van der Waals surface area contributed by atoms with Gasteiger partial charge in [0.2, 0.25) is 0 Å². The molecule has 7 heteroatoms. The average molecular weight is 466 g/mol. The molecule has 0 fully saturated rings. The fourth-order valence-electron chi connectivity index (χ4n) is 2.31. The standard InChI is InChI=1S/C18H15IN2O3S/c1-23-15-5-3-4-13(16(15)24-2)17(22)21-18-20-14(10-25-18)11-6-8-12(19)9-7-11/h3-10H,1-2H3,(H,20,21,22). The summed E-state index contributed by atoms with van der Waals surface area (Å²) >= 11 is 3.64. The third-order valence-corrected chi connectivity index (χ3v) is 4.99. The summed E-state index contributed by atoms with van der Waals surface area (Å²) in [6.45, 7) is 0. The van der Waals surface area contributed by atoms with Gasteiger partial charge in [0.15, 0.2) is 16.6 Å². The van der Waals surface area contributed by atoms with Crippen molar-refractivity contribution in [1.29, 1.82) is 0 Å². The molecule has 2 aromatic carbocycles. The van der Waals surface area contributed by atoms with Crippen LogP contribution in [0, 0.1) is 3.57 Å². The molecule has 0 aliphatic heterocycles. The van der Waals surface area contributed by atoms with Crippen LogP contribution in [0.25, 0.3) is 11.3 Å². The molecular formula is C18H15IN2O3S. The second-order valence-electron chi connectivity index (χ2n) is 5.04. The first-order valence-corrected chi connectivity index (χ1v) is 9.32. The molecule has 0 bridgehead atoms. The van der Waals surface area contributed by atoms with Crippen LogP contribution in [0.3, 0.4) is 0 Å². The van der Waals surface area contributed by atoms with Gasteiger partial charge < -0.3 is 9.47 Å². The zero-order valence-corrected chi connectivity index (χ0v) is 16.6. The number of carbonyl (C=O) groups is 1. The highest BCUT2D eigenvalue weighted by atomic mass is 127. The summed E-state index contributed by atoms with van der Waals surface area (Å²) in [6.07, 6.45) is 0. The van der Waals surface area contributed by atoms with E-state index in [1.807, 2.05) is 29.6 Å². The number of nitrogens with one attached hydrogen (secondary N) is 1. The molecule has 1 amide bonds. The molecule has 5 nitrogen and oxygen atoms in total. The molecule has 1 heterocycles. The van der Waals surface area contributed by atoms with Gasteiger partial charge in [-0.15, -0.1) is 11.3 Å². The van der Waals surface area contributed by atoms with Crippen LogP contribution in [0.1, 0.15) is 10.4 Å². The first kappa shape index (κ1) is 17.7. The van der Waals surface area contributed by atoms with Gasteiger partial charge in [-0.1, -0.05) is 18.2 Å². The zero-order valence-electron chi connectivity index (χ0n) is 13.6. The van der Waals surface area contributed by atoms with E-state index in [0.29, 0.717) is 22.2 Å². The van der Waals surface area contributed by atoms with Crippen molar-refractivity contribution in [3.63, 3.8) is 0 Å². The lowest BCUT2D eigenvalue weighted by Gasteiger charge is -2.11. The van der Waals surface area contributed by atoms with E-state index < -0.39 is 0 Å². The summed E-state index contributed by atoms with van der Waals surface area (Å²) in [4.78, 5) is 17.1. The maximum Gasteiger partial charge on any atom is 0.261 e. The van der Waals surface area contributed by atoms with Crippen molar-refractivity contribution in [2.45, 2.75) is 0 Å². The Kier molecular flexibility index (Phi) is 5.54. The fraction of sp³-hybridized carbons (Fsp3) is 0.111. The van der Waals surface area contributed by atoms with E-state index in [4.69, 9.17) is 9.47 Å². The Hall–Kier alpha value is -2.13. The molecule has 25 heavy (non-hydrogen) atoms. The van der Waals surface area contributed by atoms with Gasteiger partial charge in [-0.25, -0.2) is 4.98 Å². The molecule has 1 N–H and O–H groups in total. The van der Waals surface area contributed by atoms with Crippen molar-refractivity contribution in [3.8, 4) is 22.8 Å². The van der Waals surface area contributed by atoms with Crippen LogP contribution in [0.15, 0.2) is 47.8 Å². The quantitative estimate of drug-likeness (QED) is 0.555. The van der Waals surface area contributed by atoms with Gasteiger partial charge in [0.25, 0.3) is 5.91 Å². The maximum atomic E-state index is 12.6. The van der Waals surface area contributed by atoms with Crippen molar-refractivity contribution in [2.24, 2.45) is 0 Å². The topological polar surface area (TPSA) is 60.5 Å². The number of methoxy groups -OCH3 is 2. The summed E-state index contributed by atoms with van der Waals surface area (Å²) in [5.74, 6) is 0.616. The average Bonchev–Trinajstić information content (AvgIpc) is 3.09. The van der Waals surface area contributed by atoms with E-state index in [-0.39, 0.29) is 5.91 Å². The largest absolute Gasteiger partial charge is 0.493 e. The number of para-hydroxylation sites is 1. The van der Waals surface area contributed by atoms with E-state index in [9.17, 15) is 4.79 Å². The molecule has 1 aromatic heterocycles. The van der Waals surface area contributed by atoms with Crippen LogP contribution < -0.4 is 14.8 Å². The Morgan fingerprint density at radius 3 is 2.56 bits per heavy atom. The van der Waals surface area contributed by atoms with Crippen LogP contribution in [-0.4, -0.2) is 25.1 Å². The van der Waals surface area contributed by atoms with Crippen LogP contribution in [0.2, 0.25) is 0 Å². The summed E-state index contributed by atoms with van der Waals surface area (Å²) in [5.41, 5.74) is 2.23. The number of ether oxygens (including phenoxy) is 2. The first-order valence-electron chi connectivity index (χ1n) is 7.36. The number of thiazole rings is 1. The second-order valence-corrected chi connectivity index (χ2v) is 7.14. The summed E-state index contributed by atoms with van der Waals surface area (Å²) in [5, 5.41) is 5.27. The normalized spacial score (nSPS) is 10.4. The van der Waals surface area contributed by atoms with Crippen LogP contribution in [0.4, 0.5) is 5.13 Å². The van der Waals surface area contributed by atoms with Crippen LogP contribution >= 0.6 is 33.9 Å². The highest BCUT2D eigenvalue weighted by Crippen LogP contribution is 2.32. The monoisotopic (exact) mass is 466 g/mol. The van der Waals surface area contributed by atoms with Gasteiger partial charge in [-0.05, 0) is 46.9 Å². The van der Waals surface area contributed by atoms with Gasteiger partial charge in [0, 0.05) is 14.5 Å². The maximum absolute atomic E-state index is 12.6. The molecule has 0 atom stereocenters. The van der Waals surface area contributed by atoms with Crippen LogP contribution in [0.5, 0.6) is 11.5 Å². The molecule has 0 saturated heterocycles. The molecule has 0 radical (unpaired) electrons. The number of rotatable bonds is 5. The molecule has 0 saturated carbocycles.